The zero-order valence-corrected chi connectivity index (χ0v) is 21.2. The van der Waals surface area contributed by atoms with Crippen molar-refractivity contribution in [1.29, 1.82) is 0 Å². The van der Waals surface area contributed by atoms with Gasteiger partial charge in [-0.3, -0.25) is 14.5 Å². The SMILES string of the molecule is O=C(C1CCCCC1)N1CCC(S(=O)(=O)c2ccc(N(C(=O)C3CNC3)c3cccnn3)cc2)CC1. The normalized spacial score (nSPS) is 20.1. The molecule has 3 aliphatic rings. The molecule has 2 saturated heterocycles. The molecule has 0 radical (unpaired) electrons. The summed E-state index contributed by atoms with van der Waals surface area (Å²) in [5, 5.41) is 10.6. The number of hydrogen-bond acceptors (Lipinski definition) is 7. The van der Waals surface area contributed by atoms with Gasteiger partial charge >= 0.3 is 0 Å². The molecule has 0 bridgehead atoms. The van der Waals surface area contributed by atoms with Crippen LogP contribution in [-0.2, 0) is 19.4 Å². The molecule has 3 heterocycles. The van der Waals surface area contributed by atoms with Gasteiger partial charge in [-0.2, -0.15) is 5.10 Å². The van der Waals surface area contributed by atoms with Gasteiger partial charge < -0.3 is 10.2 Å². The van der Waals surface area contributed by atoms with Gasteiger partial charge in [-0.05, 0) is 62.1 Å². The summed E-state index contributed by atoms with van der Waals surface area (Å²) in [7, 11) is -3.55. The minimum atomic E-state index is -3.55. The van der Waals surface area contributed by atoms with Crippen molar-refractivity contribution in [3.8, 4) is 0 Å². The number of rotatable bonds is 6. The Morgan fingerprint density at radius 3 is 2.19 bits per heavy atom. The number of anilines is 2. The number of benzene rings is 1. The molecule has 2 amide bonds. The first-order chi connectivity index (χ1) is 17.4. The summed E-state index contributed by atoms with van der Waals surface area (Å²) >= 11 is 0. The molecule has 1 saturated carbocycles. The van der Waals surface area contributed by atoms with E-state index in [1.807, 2.05) is 4.90 Å². The highest BCUT2D eigenvalue weighted by atomic mass is 32.2. The lowest BCUT2D eigenvalue weighted by atomic mass is 9.88. The minimum Gasteiger partial charge on any atom is -0.342 e. The van der Waals surface area contributed by atoms with E-state index in [1.165, 1.54) is 11.3 Å². The molecule has 2 aromatic rings. The van der Waals surface area contributed by atoms with Gasteiger partial charge in [-0.25, -0.2) is 8.42 Å². The molecule has 1 aliphatic carbocycles. The van der Waals surface area contributed by atoms with Crippen LogP contribution in [0.5, 0.6) is 0 Å². The number of nitrogens with zero attached hydrogens (tertiary/aromatic N) is 4. The summed E-state index contributed by atoms with van der Waals surface area (Å²) in [6, 6.07) is 9.89. The predicted octanol–water partition coefficient (Wildman–Crippen LogP) is 2.71. The van der Waals surface area contributed by atoms with E-state index in [1.54, 1.807) is 42.6 Å². The van der Waals surface area contributed by atoms with Gasteiger partial charge in [-0.15, -0.1) is 5.10 Å². The number of carbonyl (C=O) groups is 2. The Balaban J connectivity index is 1.28. The van der Waals surface area contributed by atoms with Crippen molar-refractivity contribution in [3.63, 3.8) is 0 Å². The molecule has 36 heavy (non-hydrogen) atoms. The van der Waals surface area contributed by atoms with Gasteiger partial charge in [-0.1, -0.05) is 19.3 Å². The van der Waals surface area contributed by atoms with Gasteiger partial charge in [0.1, 0.15) is 0 Å². The van der Waals surface area contributed by atoms with Gasteiger partial charge in [0.15, 0.2) is 15.7 Å². The lowest BCUT2D eigenvalue weighted by Crippen LogP contribution is -2.51. The first-order valence-corrected chi connectivity index (χ1v) is 14.4. The largest absolute Gasteiger partial charge is 0.342 e. The third-order valence-electron chi connectivity index (χ3n) is 7.71. The lowest BCUT2D eigenvalue weighted by Gasteiger charge is -2.35. The molecule has 1 aromatic carbocycles. The first-order valence-electron chi connectivity index (χ1n) is 12.9. The van der Waals surface area contributed by atoms with Crippen LogP contribution in [0.25, 0.3) is 0 Å². The molecule has 1 aromatic heterocycles. The van der Waals surface area contributed by atoms with Crippen LogP contribution in [0.1, 0.15) is 44.9 Å². The van der Waals surface area contributed by atoms with Crippen molar-refractivity contribution in [2.75, 3.05) is 31.1 Å². The Bertz CT molecular complexity index is 1170. The summed E-state index contributed by atoms with van der Waals surface area (Å²) in [4.78, 5) is 29.6. The predicted molar refractivity (Wildman–Crippen MR) is 135 cm³/mol. The number of amides is 2. The van der Waals surface area contributed by atoms with Crippen molar-refractivity contribution in [3.05, 3.63) is 42.6 Å². The molecule has 0 unspecified atom stereocenters. The van der Waals surface area contributed by atoms with Gasteiger partial charge in [0.05, 0.1) is 21.8 Å². The summed E-state index contributed by atoms with van der Waals surface area (Å²) < 4.78 is 26.8. The van der Waals surface area contributed by atoms with Crippen LogP contribution in [0.4, 0.5) is 11.5 Å². The van der Waals surface area contributed by atoms with E-state index in [0.717, 1.165) is 25.7 Å². The van der Waals surface area contributed by atoms with Crippen LogP contribution in [0, 0.1) is 11.8 Å². The number of likely N-dealkylation sites (tertiary alicyclic amines) is 1. The van der Waals surface area contributed by atoms with Crippen LogP contribution < -0.4 is 10.2 Å². The van der Waals surface area contributed by atoms with Gasteiger partial charge in [0, 0.05) is 38.3 Å². The zero-order valence-electron chi connectivity index (χ0n) is 20.4. The van der Waals surface area contributed by atoms with E-state index < -0.39 is 15.1 Å². The number of sulfone groups is 1. The van der Waals surface area contributed by atoms with Crippen LogP contribution >= 0.6 is 0 Å². The fourth-order valence-corrected chi connectivity index (χ4v) is 7.13. The average molecular weight is 512 g/mol. The maximum absolute atomic E-state index is 13.4. The molecule has 192 valence electrons. The number of nitrogens with one attached hydrogen (secondary N) is 1. The molecule has 1 N–H and O–H groups in total. The Morgan fingerprint density at radius 2 is 1.61 bits per heavy atom. The smallest absolute Gasteiger partial charge is 0.238 e. The van der Waals surface area contributed by atoms with Crippen LogP contribution in [0.3, 0.4) is 0 Å². The second-order valence-corrected chi connectivity index (χ2v) is 12.2. The average Bonchev–Trinajstić information content (AvgIpc) is 2.89. The summed E-state index contributed by atoms with van der Waals surface area (Å²) in [5.41, 5.74) is 0.555. The number of hydrogen-bond donors (Lipinski definition) is 1. The highest BCUT2D eigenvalue weighted by molar-refractivity contribution is 7.92. The lowest BCUT2D eigenvalue weighted by molar-refractivity contribution is -0.137. The molecule has 0 spiro atoms. The maximum Gasteiger partial charge on any atom is 0.238 e. The Hall–Kier alpha value is -2.85. The van der Waals surface area contributed by atoms with Crippen LogP contribution in [-0.4, -0.2) is 66.8 Å². The van der Waals surface area contributed by atoms with Crippen molar-refractivity contribution in [2.24, 2.45) is 11.8 Å². The van der Waals surface area contributed by atoms with E-state index in [-0.39, 0.29) is 28.5 Å². The molecule has 0 atom stereocenters. The number of aromatic nitrogens is 2. The van der Waals surface area contributed by atoms with Crippen LogP contribution in [0.15, 0.2) is 47.5 Å². The molecule has 2 aliphatic heterocycles. The molecule has 5 rings (SSSR count). The third-order valence-corrected chi connectivity index (χ3v) is 9.99. The van der Waals surface area contributed by atoms with Crippen molar-refractivity contribution >= 4 is 33.2 Å². The Morgan fingerprint density at radius 1 is 0.917 bits per heavy atom. The molecule has 9 nitrogen and oxygen atoms in total. The third kappa shape index (κ3) is 5.01. The van der Waals surface area contributed by atoms with Crippen LogP contribution in [0.2, 0.25) is 0 Å². The molecule has 3 fully saturated rings. The summed E-state index contributed by atoms with van der Waals surface area (Å²) in [6.45, 7) is 2.18. The molecule has 10 heteroatoms. The fourth-order valence-electron chi connectivity index (χ4n) is 5.40. The van der Waals surface area contributed by atoms with Gasteiger partial charge in [0.2, 0.25) is 11.8 Å². The monoisotopic (exact) mass is 511 g/mol. The Labute approximate surface area is 212 Å². The highest BCUT2D eigenvalue weighted by Crippen LogP contribution is 2.31. The van der Waals surface area contributed by atoms with E-state index in [2.05, 4.69) is 15.5 Å². The summed E-state index contributed by atoms with van der Waals surface area (Å²) in [6.07, 6.45) is 7.75. The van der Waals surface area contributed by atoms with E-state index in [4.69, 9.17) is 0 Å². The fraction of sp³-hybridized carbons (Fsp3) is 0.538. The zero-order chi connectivity index (χ0) is 25.1. The standard InChI is InChI=1S/C26H33N5O4S/c32-25(19-5-2-1-3-6-19)30-15-12-23(13-16-30)36(34,35)22-10-8-21(9-11-22)31(24-7-4-14-28-29-24)26(33)20-17-27-18-20/h4,7-11,14,19-20,23,27H,1-3,5-6,12-13,15-18H2. The van der Waals surface area contributed by atoms with Gasteiger partial charge in [0.25, 0.3) is 0 Å². The minimum absolute atomic E-state index is 0.0973. The van der Waals surface area contributed by atoms with Crippen molar-refractivity contribution in [1.82, 2.24) is 20.4 Å². The topological polar surface area (TPSA) is 113 Å². The quantitative estimate of drug-likeness (QED) is 0.635. The summed E-state index contributed by atoms with van der Waals surface area (Å²) in [5.74, 6) is 0.456. The van der Waals surface area contributed by atoms with E-state index in [0.29, 0.717) is 50.5 Å². The second kappa shape index (κ2) is 10.6. The van der Waals surface area contributed by atoms with Crippen molar-refractivity contribution in [2.45, 2.75) is 55.1 Å². The Kier molecular flexibility index (Phi) is 7.34. The molecular weight excluding hydrogens is 478 g/mol. The highest BCUT2D eigenvalue weighted by Gasteiger charge is 2.36. The van der Waals surface area contributed by atoms with E-state index >= 15 is 0 Å². The molecular formula is C26H33N5O4S. The maximum atomic E-state index is 13.4. The number of carbonyl (C=O) groups excluding carboxylic acids is 2. The van der Waals surface area contributed by atoms with Crippen molar-refractivity contribution < 1.29 is 18.0 Å². The van der Waals surface area contributed by atoms with E-state index in [9.17, 15) is 18.0 Å². The number of piperidine rings is 1. The second-order valence-electron chi connectivity index (χ2n) is 10.0. The first kappa shape index (κ1) is 24.8.